The highest BCUT2D eigenvalue weighted by atomic mass is 31.1. The van der Waals surface area contributed by atoms with Crippen molar-refractivity contribution in [3.63, 3.8) is 0 Å². The number of rotatable bonds is 0. The molecule has 4 heavy (non-hydrogen) atoms. The quantitative estimate of drug-likeness (QED) is 0.399. The Balaban J connectivity index is 2.80. The first-order valence-corrected chi connectivity index (χ1v) is 2.68. The van der Waals surface area contributed by atoms with E-state index >= 15 is 0 Å². The molecule has 0 aliphatic carbocycles. The van der Waals surface area contributed by atoms with Crippen LogP contribution in [0.4, 0.5) is 4.20 Å². The lowest BCUT2D eigenvalue weighted by Crippen LogP contribution is -1.21. The fraction of sp³-hybridized carbons (Fsp3) is 1.00. The molecule has 0 N–H and O–H groups in total. The van der Waals surface area contributed by atoms with Gasteiger partial charge in [-0.05, 0) is 0 Å². The highest BCUT2D eigenvalue weighted by molar-refractivity contribution is 7.37. The second kappa shape index (κ2) is 1.48. The molecule has 3 heteroatoms. The number of hydrogen-bond donors (Lipinski definition) is 0. The van der Waals surface area contributed by atoms with E-state index in [0.717, 1.165) is 6.66 Å². The van der Waals surface area contributed by atoms with Crippen molar-refractivity contribution in [3.8, 4) is 0 Å². The van der Waals surface area contributed by atoms with Gasteiger partial charge < -0.3 is 0 Å². The lowest BCUT2D eigenvalue weighted by atomic mass is 12.0. The fourth-order valence-electron chi connectivity index (χ4n) is 0. The van der Waals surface area contributed by atoms with Crippen LogP contribution < -0.4 is 0 Å². The predicted molar refractivity (Wildman–Crippen MR) is 16.0 cm³/mol. The molecule has 1 unspecified atom stereocenters. The molecular formula is CH4FOP. The fourth-order valence-corrected chi connectivity index (χ4v) is 0. The van der Waals surface area contributed by atoms with E-state index in [1.807, 2.05) is 0 Å². The lowest BCUT2D eigenvalue weighted by molar-refractivity contribution is 0.564. The Bertz CT molecular complexity index is 31.0. The zero-order valence-electron chi connectivity index (χ0n) is 2.29. The SMILES string of the molecule is C[PH](=O)F. The summed E-state index contributed by atoms with van der Waals surface area (Å²) in [5.74, 6) is 0. The molecule has 0 aliphatic heterocycles. The van der Waals surface area contributed by atoms with E-state index in [9.17, 15) is 4.20 Å². The second-order valence-electron chi connectivity index (χ2n) is 0.470. The van der Waals surface area contributed by atoms with Gasteiger partial charge in [-0.1, -0.05) is 0 Å². The van der Waals surface area contributed by atoms with Gasteiger partial charge in [0.15, 0.2) is 0 Å². The maximum Gasteiger partial charge on any atom is 0.230 e. The topological polar surface area (TPSA) is 17.1 Å². The van der Waals surface area contributed by atoms with Crippen LogP contribution in [0.3, 0.4) is 0 Å². The minimum atomic E-state index is -2.63. The molecule has 26 valence electrons. The van der Waals surface area contributed by atoms with Crippen LogP contribution in [0.15, 0.2) is 0 Å². The molecule has 0 saturated heterocycles. The predicted octanol–water partition coefficient (Wildman–Crippen LogP) is 1.06. The Morgan fingerprint density at radius 1 is 2.00 bits per heavy atom. The van der Waals surface area contributed by atoms with Gasteiger partial charge in [-0.15, -0.1) is 0 Å². The molecule has 0 aromatic rings. The van der Waals surface area contributed by atoms with E-state index in [0.29, 0.717) is 0 Å². The normalized spacial score (nSPS) is 15.5. The third-order valence-corrected chi connectivity index (χ3v) is 0. The molecular weight excluding hydrogens is 78.0 g/mol. The summed E-state index contributed by atoms with van der Waals surface area (Å²) in [7, 11) is -2.63. The number of halogens is 1. The minimum absolute atomic E-state index is 1.05. The van der Waals surface area contributed by atoms with E-state index in [1.54, 1.807) is 0 Å². The maximum atomic E-state index is 10.5. The van der Waals surface area contributed by atoms with Crippen molar-refractivity contribution in [3.05, 3.63) is 0 Å². The third kappa shape index (κ3) is 114. The summed E-state index contributed by atoms with van der Waals surface area (Å²) in [6.07, 6.45) is 0. The Labute approximate surface area is 24.7 Å². The second-order valence-corrected chi connectivity index (χ2v) is 1.41. The van der Waals surface area contributed by atoms with Gasteiger partial charge in [0, 0.05) is 6.66 Å². The largest absolute Gasteiger partial charge is 0.291 e. The van der Waals surface area contributed by atoms with E-state index in [4.69, 9.17) is 4.57 Å². The summed E-state index contributed by atoms with van der Waals surface area (Å²) in [6.45, 7) is 1.05. The average Bonchev–Trinajstić information content (AvgIpc) is 0.811. The molecule has 0 heterocycles. The van der Waals surface area contributed by atoms with E-state index in [2.05, 4.69) is 0 Å². The maximum absolute atomic E-state index is 10.5. The van der Waals surface area contributed by atoms with Gasteiger partial charge in [0.25, 0.3) is 0 Å². The van der Waals surface area contributed by atoms with Crippen LogP contribution in [-0.4, -0.2) is 6.66 Å². The highest BCUT2D eigenvalue weighted by Gasteiger charge is 1.65. The van der Waals surface area contributed by atoms with Crippen LogP contribution in [0.25, 0.3) is 0 Å². The Morgan fingerprint density at radius 2 is 2.00 bits per heavy atom. The molecule has 0 fully saturated rings. The summed E-state index contributed by atoms with van der Waals surface area (Å²) in [6, 6.07) is 0. The van der Waals surface area contributed by atoms with Crippen molar-refractivity contribution >= 4 is 8.11 Å². The monoisotopic (exact) mass is 82.0 g/mol. The summed E-state index contributed by atoms with van der Waals surface area (Å²) in [4.78, 5) is 0. The van der Waals surface area contributed by atoms with Crippen molar-refractivity contribution in [2.24, 2.45) is 0 Å². The summed E-state index contributed by atoms with van der Waals surface area (Å²) in [5, 5.41) is 0. The first-order valence-electron chi connectivity index (χ1n) is 0.893. The Kier molecular flexibility index (Phi) is 1.54. The zero-order valence-corrected chi connectivity index (χ0v) is 3.29. The minimum Gasteiger partial charge on any atom is -0.291 e. The first-order chi connectivity index (χ1) is 1.73. The molecule has 0 bridgehead atoms. The van der Waals surface area contributed by atoms with E-state index < -0.39 is 8.11 Å². The van der Waals surface area contributed by atoms with Crippen molar-refractivity contribution in [2.45, 2.75) is 0 Å². The zero-order chi connectivity index (χ0) is 3.58. The molecule has 0 aromatic heterocycles. The number of hydrogen-bond acceptors (Lipinski definition) is 1. The van der Waals surface area contributed by atoms with Crippen molar-refractivity contribution < 1.29 is 8.76 Å². The van der Waals surface area contributed by atoms with Gasteiger partial charge in [0.2, 0.25) is 8.11 Å². The van der Waals surface area contributed by atoms with Crippen LogP contribution in [-0.2, 0) is 4.57 Å². The molecule has 1 atom stereocenters. The molecule has 0 rings (SSSR count). The van der Waals surface area contributed by atoms with Gasteiger partial charge in [-0.2, -0.15) is 4.20 Å². The van der Waals surface area contributed by atoms with Gasteiger partial charge in [-0.25, -0.2) is 0 Å². The molecule has 0 saturated carbocycles. The van der Waals surface area contributed by atoms with Crippen LogP contribution >= 0.6 is 8.11 Å². The van der Waals surface area contributed by atoms with Gasteiger partial charge >= 0.3 is 0 Å². The summed E-state index contributed by atoms with van der Waals surface area (Å²) < 4.78 is 19.5. The van der Waals surface area contributed by atoms with Crippen LogP contribution in [0.5, 0.6) is 0 Å². The average molecular weight is 82.0 g/mol. The smallest absolute Gasteiger partial charge is 0.230 e. The molecule has 1 nitrogen and oxygen atoms in total. The van der Waals surface area contributed by atoms with Crippen molar-refractivity contribution in [2.75, 3.05) is 6.66 Å². The van der Waals surface area contributed by atoms with Gasteiger partial charge in [0.1, 0.15) is 0 Å². The molecule has 0 aliphatic rings. The lowest BCUT2D eigenvalue weighted by Gasteiger charge is -1.54. The molecule has 0 amide bonds. The van der Waals surface area contributed by atoms with E-state index in [-0.39, 0.29) is 0 Å². The molecule has 0 aromatic carbocycles. The first kappa shape index (κ1) is 4.16. The van der Waals surface area contributed by atoms with Gasteiger partial charge in [0.05, 0.1) is 0 Å². The van der Waals surface area contributed by atoms with Crippen LogP contribution in [0, 0.1) is 0 Å². The van der Waals surface area contributed by atoms with Gasteiger partial charge in [-0.3, -0.25) is 4.57 Å². The Hall–Kier alpha value is 0.160. The standard InChI is InChI=1S/CH4FOP/c1-4(2)3/h4H,1H3. The summed E-state index contributed by atoms with van der Waals surface area (Å²) in [5.41, 5.74) is 0. The molecule has 0 spiro atoms. The van der Waals surface area contributed by atoms with Crippen molar-refractivity contribution in [1.29, 1.82) is 0 Å². The van der Waals surface area contributed by atoms with Crippen LogP contribution in [0.1, 0.15) is 0 Å². The highest BCUT2D eigenvalue weighted by Crippen LogP contribution is 2.11. The summed E-state index contributed by atoms with van der Waals surface area (Å²) >= 11 is 0. The van der Waals surface area contributed by atoms with E-state index in [1.165, 1.54) is 0 Å². The van der Waals surface area contributed by atoms with Crippen molar-refractivity contribution in [1.82, 2.24) is 0 Å². The molecule has 0 radical (unpaired) electrons. The van der Waals surface area contributed by atoms with Crippen LogP contribution in [0.2, 0.25) is 0 Å². The third-order valence-electron chi connectivity index (χ3n) is 0. The Morgan fingerprint density at radius 3 is 2.00 bits per heavy atom.